The van der Waals surface area contributed by atoms with Crippen LogP contribution in [0.4, 0.5) is 4.79 Å². The maximum Gasteiger partial charge on any atom is 0.410 e. The van der Waals surface area contributed by atoms with E-state index in [2.05, 4.69) is 5.32 Å². The van der Waals surface area contributed by atoms with Crippen molar-refractivity contribution in [2.24, 2.45) is 5.92 Å². The maximum atomic E-state index is 12.1. The molecule has 5 nitrogen and oxygen atoms in total. The zero-order chi connectivity index (χ0) is 14.0. The van der Waals surface area contributed by atoms with Crippen LogP contribution in [0.25, 0.3) is 0 Å². The lowest BCUT2D eigenvalue weighted by atomic mass is 9.87. The first kappa shape index (κ1) is 14.6. The SMILES string of the molecule is CC(C)(C)OC(=O)N1CCC2NCCCC(O)C2C1. The summed E-state index contributed by atoms with van der Waals surface area (Å²) in [6.07, 6.45) is 2.13. The molecule has 0 aromatic carbocycles. The number of aliphatic hydroxyl groups excluding tert-OH is 1. The summed E-state index contributed by atoms with van der Waals surface area (Å²) < 4.78 is 5.41. The molecule has 2 fully saturated rings. The average molecular weight is 270 g/mol. The monoisotopic (exact) mass is 270 g/mol. The molecular formula is C14H26N2O3. The molecule has 5 heteroatoms. The summed E-state index contributed by atoms with van der Waals surface area (Å²) in [5.41, 5.74) is -0.464. The van der Waals surface area contributed by atoms with Gasteiger partial charge in [-0.05, 0) is 46.6 Å². The van der Waals surface area contributed by atoms with Crippen LogP contribution >= 0.6 is 0 Å². The second kappa shape index (κ2) is 5.67. The fourth-order valence-corrected chi connectivity index (χ4v) is 2.93. The summed E-state index contributed by atoms with van der Waals surface area (Å²) in [6, 6.07) is 0.330. The third kappa shape index (κ3) is 3.83. The van der Waals surface area contributed by atoms with Crippen molar-refractivity contribution in [3.05, 3.63) is 0 Å². The Morgan fingerprint density at radius 2 is 2.11 bits per heavy atom. The van der Waals surface area contributed by atoms with E-state index in [4.69, 9.17) is 4.74 Å². The van der Waals surface area contributed by atoms with Crippen molar-refractivity contribution in [1.29, 1.82) is 0 Å². The summed E-state index contributed by atoms with van der Waals surface area (Å²) in [7, 11) is 0. The van der Waals surface area contributed by atoms with Gasteiger partial charge in [0.05, 0.1) is 6.10 Å². The predicted octanol–water partition coefficient (Wildman–Crippen LogP) is 1.36. The number of aliphatic hydroxyl groups is 1. The van der Waals surface area contributed by atoms with Crippen molar-refractivity contribution in [2.45, 2.75) is 57.8 Å². The molecule has 3 unspecified atom stereocenters. The molecule has 110 valence electrons. The number of rotatable bonds is 0. The van der Waals surface area contributed by atoms with Gasteiger partial charge in [-0.15, -0.1) is 0 Å². The van der Waals surface area contributed by atoms with Crippen molar-refractivity contribution in [3.8, 4) is 0 Å². The fraction of sp³-hybridized carbons (Fsp3) is 0.929. The van der Waals surface area contributed by atoms with E-state index < -0.39 is 5.60 Å². The maximum absolute atomic E-state index is 12.1. The molecule has 0 aromatic rings. The van der Waals surface area contributed by atoms with Crippen molar-refractivity contribution in [2.75, 3.05) is 19.6 Å². The molecule has 0 radical (unpaired) electrons. The minimum Gasteiger partial charge on any atom is -0.444 e. The number of nitrogens with zero attached hydrogens (tertiary/aromatic N) is 1. The van der Waals surface area contributed by atoms with Crippen LogP contribution in [-0.2, 0) is 4.74 Å². The highest BCUT2D eigenvalue weighted by Gasteiger charge is 2.37. The van der Waals surface area contributed by atoms with Crippen LogP contribution in [0.2, 0.25) is 0 Å². The van der Waals surface area contributed by atoms with Crippen molar-refractivity contribution >= 4 is 6.09 Å². The quantitative estimate of drug-likeness (QED) is 0.697. The van der Waals surface area contributed by atoms with Gasteiger partial charge >= 0.3 is 6.09 Å². The van der Waals surface area contributed by atoms with Gasteiger partial charge in [0.1, 0.15) is 5.60 Å². The molecule has 2 N–H and O–H groups in total. The molecule has 2 heterocycles. The molecule has 2 aliphatic rings. The molecule has 1 amide bonds. The van der Waals surface area contributed by atoms with Crippen LogP contribution in [0.3, 0.4) is 0 Å². The Balaban J connectivity index is 1.97. The summed E-state index contributed by atoms with van der Waals surface area (Å²) in [4.78, 5) is 13.8. The molecule has 0 aromatic heterocycles. The van der Waals surface area contributed by atoms with Gasteiger partial charge in [0.15, 0.2) is 0 Å². The van der Waals surface area contributed by atoms with Gasteiger partial charge in [-0.25, -0.2) is 4.79 Å². The van der Waals surface area contributed by atoms with Crippen molar-refractivity contribution in [3.63, 3.8) is 0 Å². The molecule has 19 heavy (non-hydrogen) atoms. The van der Waals surface area contributed by atoms with E-state index in [9.17, 15) is 9.90 Å². The lowest BCUT2D eigenvalue weighted by Gasteiger charge is -2.40. The average Bonchev–Trinajstić information content (AvgIpc) is 2.49. The third-order valence-corrected chi connectivity index (χ3v) is 3.89. The zero-order valence-electron chi connectivity index (χ0n) is 12.2. The van der Waals surface area contributed by atoms with Gasteiger partial charge in [-0.1, -0.05) is 0 Å². The van der Waals surface area contributed by atoms with E-state index in [1.54, 1.807) is 4.90 Å². The Morgan fingerprint density at radius 1 is 1.37 bits per heavy atom. The van der Waals surface area contributed by atoms with Crippen LogP contribution in [0, 0.1) is 5.92 Å². The number of carbonyl (C=O) groups excluding carboxylic acids is 1. The number of likely N-dealkylation sites (tertiary alicyclic amines) is 1. The van der Waals surface area contributed by atoms with E-state index in [1.807, 2.05) is 20.8 Å². The molecule has 0 aliphatic carbocycles. The van der Waals surface area contributed by atoms with Gasteiger partial charge in [0, 0.05) is 25.0 Å². The summed E-state index contributed by atoms with van der Waals surface area (Å²) in [5.74, 6) is 0.128. The molecule has 0 spiro atoms. The predicted molar refractivity (Wildman–Crippen MR) is 72.9 cm³/mol. The Morgan fingerprint density at radius 3 is 2.79 bits per heavy atom. The first-order valence-corrected chi connectivity index (χ1v) is 7.26. The topological polar surface area (TPSA) is 61.8 Å². The lowest BCUT2D eigenvalue weighted by Crippen LogP contribution is -2.54. The number of amides is 1. The lowest BCUT2D eigenvalue weighted by molar-refractivity contribution is -0.00342. The number of piperidine rings is 1. The van der Waals surface area contributed by atoms with E-state index in [0.29, 0.717) is 19.1 Å². The highest BCUT2D eigenvalue weighted by atomic mass is 16.6. The largest absolute Gasteiger partial charge is 0.444 e. The highest BCUT2D eigenvalue weighted by molar-refractivity contribution is 5.68. The highest BCUT2D eigenvalue weighted by Crippen LogP contribution is 2.26. The number of hydrogen-bond donors (Lipinski definition) is 2. The summed E-state index contributed by atoms with van der Waals surface area (Å²) in [5, 5.41) is 13.7. The molecule has 2 rings (SSSR count). The number of carbonyl (C=O) groups is 1. The second-order valence-electron chi connectivity index (χ2n) is 6.65. The molecular weight excluding hydrogens is 244 g/mol. The Kier molecular flexibility index (Phi) is 4.36. The van der Waals surface area contributed by atoms with Gasteiger partial charge in [0.2, 0.25) is 0 Å². The Bertz CT molecular complexity index is 327. The fourth-order valence-electron chi connectivity index (χ4n) is 2.93. The minimum atomic E-state index is -0.464. The normalized spacial score (nSPS) is 32.4. The molecule has 0 saturated carbocycles. The Hall–Kier alpha value is -0.810. The van der Waals surface area contributed by atoms with Crippen molar-refractivity contribution < 1.29 is 14.6 Å². The van der Waals surface area contributed by atoms with E-state index >= 15 is 0 Å². The standard InChI is InChI=1S/C14H26N2O3/c1-14(2,3)19-13(18)16-8-6-11-10(9-16)12(17)5-4-7-15-11/h10-12,15,17H,4-9H2,1-3H3. The van der Waals surface area contributed by atoms with Crippen LogP contribution < -0.4 is 5.32 Å². The van der Waals surface area contributed by atoms with Crippen LogP contribution in [0.1, 0.15) is 40.0 Å². The van der Waals surface area contributed by atoms with Gasteiger partial charge < -0.3 is 20.1 Å². The first-order valence-electron chi connectivity index (χ1n) is 7.26. The number of ether oxygens (including phenoxy) is 1. The van der Waals surface area contributed by atoms with Gasteiger partial charge in [-0.2, -0.15) is 0 Å². The summed E-state index contributed by atoms with van der Waals surface area (Å²) >= 11 is 0. The first-order chi connectivity index (χ1) is 8.87. The number of nitrogens with one attached hydrogen (secondary N) is 1. The molecule has 0 bridgehead atoms. The molecule has 2 saturated heterocycles. The smallest absolute Gasteiger partial charge is 0.410 e. The third-order valence-electron chi connectivity index (χ3n) is 3.89. The number of fused-ring (bicyclic) bond motifs is 1. The van der Waals surface area contributed by atoms with E-state index in [-0.39, 0.29) is 18.1 Å². The van der Waals surface area contributed by atoms with Crippen molar-refractivity contribution in [1.82, 2.24) is 10.2 Å². The number of hydrogen-bond acceptors (Lipinski definition) is 4. The zero-order valence-corrected chi connectivity index (χ0v) is 12.2. The summed E-state index contributed by atoms with van der Waals surface area (Å²) in [6.45, 7) is 7.88. The van der Waals surface area contributed by atoms with Crippen LogP contribution in [-0.4, -0.2) is 53.5 Å². The van der Waals surface area contributed by atoms with E-state index in [1.165, 1.54) is 0 Å². The molecule has 3 atom stereocenters. The van der Waals surface area contributed by atoms with Gasteiger partial charge in [0.25, 0.3) is 0 Å². The van der Waals surface area contributed by atoms with E-state index in [0.717, 1.165) is 25.8 Å². The van der Waals surface area contributed by atoms with Gasteiger partial charge in [-0.3, -0.25) is 0 Å². The minimum absolute atomic E-state index is 0.128. The molecule has 2 aliphatic heterocycles. The Labute approximate surface area is 115 Å². The van der Waals surface area contributed by atoms with Crippen LogP contribution in [0.15, 0.2) is 0 Å². The second-order valence-corrected chi connectivity index (χ2v) is 6.65. The van der Waals surface area contributed by atoms with Crippen LogP contribution in [0.5, 0.6) is 0 Å².